The predicted octanol–water partition coefficient (Wildman–Crippen LogP) is 0.595. The highest BCUT2D eigenvalue weighted by Gasteiger charge is 2.08. The van der Waals surface area contributed by atoms with Gasteiger partial charge in [-0.05, 0) is 24.3 Å². The Hall–Kier alpha value is -2.70. The molecule has 0 saturated heterocycles. The standard InChI is InChI=1S/C13H13FN4O2/c14-10-3-1-2-9(6-10)13(20)16-8-12(19)15-7-11-4-5-17-18-11/h1-6H,7-8H2,(H,15,19)(H,16,20)(H,17,18). The van der Waals surface area contributed by atoms with E-state index in [-0.39, 0.29) is 18.0 Å². The fourth-order valence-corrected chi connectivity index (χ4v) is 1.53. The van der Waals surface area contributed by atoms with Crippen molar-refractivity contribution in [2.75, 3.05) is 6.54 Å². The molecule has 0 radical (unpaired) electrons. The van der Waals surface area contributed by atoms with E-state index in [0.29, 0.717) is 6.54 Å². The maximum absolute atomic E-state index is 12.9. The van der Waals surface area contributed by atoms with Crippen molar-refractivity contribution in [3.05, 3.63) is 53.6 Å². The molecular weight excluding hydrogens is 263 g/mol. The first kappa shape index (κ1) is 13.7. The molecule has 1 heterocycles. The maximum Gasteiger partial charge on any atom is 0.251 e. The molecule has 1 aromatic carbocycles. The van der Waals surface area contributed by atoms with Gasteiger partial charge in [0.05, 0.1) is 18.8 Å². The predicted molar refractivity (Wildman–Crippen MR) is 69.2 cm³/mol. The summed E-state index contributed by atoms with van der Waals surface area (Å²) in [4.78, 5) is 23.2. The molecule has 0 atom stereocenters. The Balaban J connectivity index is 1.77. The third kappa shape index (κ3) is 3.91. The molecule has 104 valence electrons. The number of aromatic nitrogens is 2. The largest absolute Gasteiger partial charge is 0.349 e. The Bertz CT molecular complexity index is 598. The molecular formula is C13H13FN4O2. The lowest BCUT2D eigenvalue weighted by atomic mass is 10.2. The zero-order valence-corrected chi connectivity index (χ0v) is 10.5. The number of benzene rings is 1. The van der Waals surface area contributed by atoms with E-state index >= 15 is 0 Å². The van der Waals surface area contributed by atoms with E-state index in [1.165, 1.54) is 18.2 Å². The number of nitrogens with zero attached hydrogens (tertiary/aromatic N) is 1. The van der Waals surface area contributed by atoms with Gasteiger partial charge in [0.2, 0.25) is 5.91 Å². The number of aromatic amines is 1. The molecule has 1 aromatic heterocycles. The average molecular weight is 276 g/mol. The molecule has 3 N–H and O–H groups in total. The number of hydrogen-bond donors (Lipinski definition) is 3. The van der Waals surface area contributed by atoms with Gasteiger partial charge in [-0.25, -0.2) is 4.39 Å². The van der Waals surface area contributed by atoms with E-state index in [9.17, 15) is 14.0 Å². The number of rotatable bonds is 5. The summed E-state index contributed by atoms with van der Waals surface area (Å²) in [6, 6.07) is 6.99. The summed E-state index contributed by atoms with van der Waals surface area (Å²) < 4.78 is 12.9. The van der Waals surface area contributed by atoms with Gasteiger partial charge in [-0.1, -0.05) is 6.07 Å². The van der Waals surface area contributed by atoms with Crippen LogP contribution in [-0.4, -0.2) is 28.6 Å². The lowest BCUT2D eigenvalue weighted by Gasteiger charge is -2.06. The van der Waals surface area contributed by atoms with Gasteiger partial charge in [0.25, 0.3) is 5.91 Å². The van der Waals surface area contributed by atoms with Crippen LogP contribution in [0.3, 0.4) is 0 Å². The summed E-state index contributed by atoms with van der Waals surface area (Å²) in [5.74, 6) is -1.34. The van der Waals surface area contributed by atoms with E-state index in [1.54, 1.807) is 12.3 Å². The molecule has 0 aliphatic rings. The first-order chi connectivity index (χ1) is 9.65. The third-order valence-corrected chi connectivity index (χ3v) is 2.53. The van der Waals surface area contributed by atoms with Gasteiger partial charge >= 0.3 is 0 Å². The Morgan fingerprint density at radius 3 is 2.80 bits per heavy atom. The van der Waals surface area contributed by atoms with Crippen LogP contribution in [0.5, 0.6) is 0 Å². The van der Waals surface area contributed by atoms with Crippen molar-refractivity contribution in [1.29, 1.82) is 0 Å². The summed E-state index contributed by atoms with van der Waals surface area (Å²) >= 11 is 0. The minimum absolute atomic E-state index is 0.173. The van der Waals surface area contributed by atoms with Crippen LogP contribution in [-0.2, 0) is 11.3 Å². The summed E-state index contributed by atoms with van der Waals surface area (Å²) in [5.41, 5.74) is 0.932. The van der Waals surface area contributed by atoms with Gasteiger partial charge in [-0.15, -0.1) is 0 Å². The number of nitrogens with one attached hydrogen (secondary N) is 3. The molecule has 0 aliphatic carbocycles. The zero-order chi connectivity index (χ0) is 14.4. The first-order valence-electron chi connectivity index (χ1n) is 5.94. The number of amides is 2. The second kappa shape index (κ2) is 6.46. The molecule has 20 heavy (non-hydrogen) atoms. The highest BCUT2D eigenvalue weighted by Crippen LogP contribution is 2.02. The highest BCUT2D eigenvalue weighted by molar-refractivity contribution is 5.96. The van der Waals surface area contributed by atoms with E-state index in [0.717, 1.165) is 11.8 Å². The van der Waals surface area contributed by atoms with Gasteiger partial charge in [-0.3, -0.25) is 14.7 Å². The second-order valence-electron chi connectivity index (χ2n) is 4.05. The van der Waals surface area contributed by atoms with E-state index < -0.39 is 11.7 Å². The molecule has 0 aliphatic heterocycles. The van der Waals surface area contributed by atoms with Crippen LogP contribution in [0.15, 0.2) is 36.5 Å². The molecule has 0 bridgehead atoms. The molecule has 0 spiro atoms. The molecule has 2 rings (SSSR count). The van der Waals surface area contributed by atoms with Crippen LogP contribution in [0.1, 0.15) is 16.1 Å². The van der Waals surface area contributed by atoms with Crippen molar-refractivity contribution in [2.24, 2.45) is 0 Å². The Morgan fingerprint density at radius 2 is 2.10 bits per heavy atom. The first-order valence-corrected chi connectivity index (χ1v) is 5.94. The monoisotopic (exact) mass is 276 g/mol. The Labute approximate surface area is 114 Å². The Morgan fingerprint density at radius 1 is 1.25 bits per heavy atom. The minimum atomic E-state index is -0.499. The molecule has 7 heteroatoms. The van der Waals surface area contributed by atoms with Gasteiger partial charge in [0, 0.05) is 11.8 Å². The molecule has 6 nitrogen and oxygen atoms in total. The zero-order valence-electron chi connectivity index (χ0n) is 10.5. The van der Waals surface area contributed by atoms with Crippen molar-refractivity contribution in [3.63, 3.8) is 0 Å². The van der Waals surface area contributed by atoms with E-state index in [4.69, 9.17) is 0 Å². The van der Waals surface area contributed by atoms with Crippen LogP contribution in [0.25, 0.3) is 0 Å². The Kier molecular flexibility index (Phi) is 4.43. The van der Waals surface area contributed by atoms with Crippen molar-refractivity contribution in [2.45, 2.75) is 6.54 Å². The quantitative estimate of drug-likeness (QED) is 0.747. The lowest BCUT2D eigenvalue weighted by Crippen LogP contribution is -2.36. The molecule has 0 unspecified atom stereocenters. The third-order valence-electron chi connectivity index (χ3n) is 2.53. The van der Waals surface area contributed by atoms with Crippen molar-refractivity contribution in [1.82, 2.24) is 20.8 Å². The van der Waals surface area contributed by atoms with Crippen molar-refractivity contribution in [3.8, 4) is 0 Å². The molecule has 2 amide bonds. The summed E-state index contributed by atoms with van der Waals surface area (Å²) in [5, 5.41) is 11.5. The van der Waals surface area contributed by atoms with Gasteiger partial charge in [0.1, 0.15) is 5.82 Å². The van der Waals surface area contributed by atoms with E-state index in [2.05, 4.69) is 20.8 Å². The normalized spacial score (nSPS) is 10.1. The van der Waals surface area contributed by atoms with Crippen LogP contribution in [0, 0.1) is 5.82 Å². The summed E-state index contributed by atoms with van der Waals surface area (Å²) in [6.45, 7) is 0.123. The molecule has 0 saturated carbocycles. The van der Waals surface area contributed by atoms with Crippen LogP contribution in [0.2, 0.25) is 0 Å². The number of carbonyl (C=O) groups excluding carboxylic acids is 2. The fraction of sp³-hybridized carbons (Fsp3) is 0.154. The lowest BCUT2D eigenvalue weighted by molar-refractivity contribution is -0.120. The minimum Gasteiger partial charge on any atom is -0.349 e. The number of carbonyl (C=O) groups is 2. The van der Waals surface area contributed by atoms with Gasteiger partial charge in [-0.2, -0.15) is 5.10 Å². The maximum atomic E-state index is 12.9. The van der Waals surface area contributed by atoms with Crippen molar-refractivity contribution >= 4 is 11.8 Å². The number of H-pyrrole nitrogens is 1. The average Bonchev–Trinajstić information content (AvgIpc) is 2.95. The van der Waals surface area contributed by atoms with Crippen LogP contribution in [0.4, 0.5) is 4.39 Å². The summed E-state index contributed by atoms with van der Waals surface area (Å²) in [6.07, 6.45) is 1.58. The van der Waals surface area contributed by atoms with Gasteiger partial charge in [0.15, 0.2) is 0 Å². The topological polar surface area (TPSA) is 86.9 Å². The highest BCUT2D eigenvalue weighted by atomic mass is 19.1. The summed E-state index contributed by atoms with van der Waals surface area (Å²) in [7, 11) is 0. The number of hydrogen-bond acceptors (Lipinski definition) is 3. The molecule has 2 aromatic rings. The van der Waals surface area contributed by atoms with Gasteiger partial charge < -0.3 is 10.6 Å². The fourth-order valence-electron chi connectivity index (χ4n) is 1.53. The van der Waals surface area contributed by atoms with E-state index in [1.807, 2.05) is 0 Å². The van der Waals surface area contributed by atoms with Crippen molar-refractivity contribution < 1.29 is 14.0 Å². The van der Waals surface area contributed by atoms with Crippen LogP contribution >= 0.6 is 0 Å². The smallest absolute Gasteiger partial charge is 0.251 e. The number of halogens is 1. The molecule has 0 fully saturated rings. The SMILES string of the molecule is O=C(CNC(=O)c1cccc(F)c1)NCc1ccn[nH]1. The van der Waals surface area contributed by atoms with Crippen LogP contribution < -0.4 is 10.6 Å². The second-order valence-corrected chi connectivity index (χ2v) is 4.05.